The van der Waals surface area contributed by atoms with E-state index >= 15 is 4.39 Å². The molecule has 1 atom stereocenters. The number of nitrogens with zero attached hydrogens (tertiary/aromatic N) is 3. The summed E-state index contributed by atoms with van der Waals surface area (Å²) in [5.74, 6) is -1.80. The molecule has 1 saturated heterocycles. The smallest absolute Gasteiger partial charge is 0.335 e. The summed E-state index contributed by atoms with van der Waals surface area (Å²) in [7, 11) is 0. The Labute approximate surface area is 320 Å². The molecule has 6 rings (SSSR count). The molecule has 0 unspecified atom stereocenters. The van der Waals surface area contributed by atoms with Gasteiger partial charge in [-0.2, -0.15) is 0 Å². The molecule has 0 aliphatic carbocycles. The maximum Gasteiger partial charge on any atom is 0.335 e. The Balaban J connectivity index is 1.10. The van der Waals surface area contributed by atoms with Gasteiger partial charge in [-0.25, -0.2) is 13.8 Å². The van der Waals surface area contributed by atoms with Crippen molar-refractivity contribution < 1.29 is 53.2 Å². The first-order chi connectivity index (χ1) is 26.5. The highest BCUT2D eigenvalue weighted by Crippen LogP contribution is 2.35. The first kappa shape index (κ1) is 39.4. The van der Waals surface area contributed by atoms with Crippen molar-refractivity contribution in [3.8, 4) is 28.4 Å². The predicted molar refractivity (Wildman–Crippen MR) is 197 cm³/mol. The fourth-order valence-corrected chi connectivity index (χ4v) is 6.40. The van der Waals surface area contributed by atoms with Gasteiger partial charge in [0, 0.05) is 48.9 Å². The Hall–Kier alpha value is -5.32. The van der Waals surface area contributed by atoms with E-state index in [0.717, 1.165) is 5.56 Å². The van der Waals surface area contributed by atoms with Crippen LogP contribution in [0.2, 0.25) is 5.02 Å². The van der Waals surface area contributed by atoms with Gasteiger partial charge in [0.05, 0.1) is 18.2 Å². The Morgan fingerprint density at radius 1 is 0.927 bits per heavy atom. The van der Waals surface area contributed by atoms with Crippen molar-refractivity contribution in [3.05, 3.63) is 100 Å². The van der Waals surface area contributed by atoms with Gasteiger partial charge in [-0.1, -0.05) is 48.0 Å². The number of benzene rings is 4. The topological polar surface area (TPSA) is 197 Å². The monoisotopic (exact) mass is 778 g/mol. The molecule has 1 aromatic heterocycles. The Kier molecular flexibility index (Phi) is 12.8. The number of aliphatic hydroxyl groups excluding tert-OH is 1. The highest BCUT2D eigenvalue weighted by molar-refractivity contribution is 6.32. The largest absolute Gasteiger partial charge is 0.494 e. The summed E-state index contributed by atoms with van der Waals surface area (Å²) >= 11 is 6.61. The number of aromatic nitrogens is 2. The molecule has 5 N–H and O–H groups in total. The minimum absolute atomic E-state index is 0.00318. The number of carboxylic acids is 2. The second-order valence-electron chi connectivity index (χ2n) is 13.2. The Bertz CT molecular complexity index is 2120. The number of aliphatic hydroxyl groups is 2. The van der Waals surface area contributed by atoms with Crippen molar-refractivity contribution in [3.63, 3.8) is 0 Å². The van der Waals surface area contributed by atoms with Crippen LogP contribution >= 0.6 is 11.6 Å². The maximum atomic E-state index is 16.0. The quantitative estimate of drug-likeness (QED) is 0.0741. The highest BCUT2D eigenvalue weighted by atomic mass is 35.5. The molecule has 55 heavy (non-hydrogen) atoms. The van der Waals surface area contributed by atoms with E-state index in [2.05, 4.69) is 20.5 Å². The molecule has 1 aliphatic heterocycles. The molecule has 2 heterocycles. The minimum atomic E-state index is -1.66. The Morgan fingerprint density at radius 2 is 1.69 bits per heavy atom. The Morgan fingerprint density at radius 3 is 2.45 bits per heavy atom. The van der Waals surface area contributed by atoms with Crippen LogP contribution in [0.3, 0.4) is 0 Å². The summed E-state index contributed by atoms with van der Waals surface area (Å²) < 4.78 is 38.9. The van der Waals surface area contributed by atoms with Crippen LogP contribution in [-0.4, -0.2) is 92.1 Å². The predicted octanol–water partition coefficient (Wildman–Crippen LogP) is 5.06. The van der Waals surface area contributed by atoms with Crippen molar-refractivity contribution in [1.29, 1.82) is 0 Å². The van der Waals surface area contributed by atoms with E-state index in [9.17, 15) is 30.0 Å². The van der Waals surface area contributed by atoms with Crippen molar-refractivity contribution in [2.24, 2.45) is 0 Å². The molecule has 14 nitrogen and oxygen atoms in total. The van der Waals surface area contributed by atoms with Gasteiger partial charge in [0.25, 0.3) is 0 Å². The summed E-state index contributed by atoms with van der Waals surface area (Å²) in [6.45, 7) is 1.36. The number of halogens is 2. The number of fused-ring (bicyclic) bond motifs is 1. The SMILES string of the molecule is O=C(O)[C@@H](CO)NCc1cc(Cl)c(OCc2cccc(-c3cccc(OCCCN4CCC(O)(C(=O)O)CC4)c3)c2F)cc1OCc1ccc2nonc2c1. The number of aliphatic carboxylic acids is 2. The number of piperidine rings is 1. The zero-order valence-corrected chi connectivity index (χ0v) is 30.4. The summed E-state index contributed by atoms with van der Waals surface area (Å²) in [5.41, 5.74) is 1.94. The van der Waals surface area contributed by atoms with Gasteiger partial charge in [0.1, 0.15) is 53.4 Å². The molecular formula is C39H40ClFN4O10. The van der Waals surface area contributed by atoms with E-state index in [1.165, 1.54) is 0 Å². The molecule has 1 aliphatic rings. The van der Waals surface area contributed by atoms with Gasteiger partial charge in [0.2, 0.25) is 0 Å². The third-order valence-electron chi connectivity index (χ3n) is 9.42. The van der Waals surface area contributed by atoms with Gasteiger partial charge in [-0.05, 0) is 71.0 Å². The zero-order valence-electron chi connectivity index (χ0n) is 29.6. The molecule has 0 saturated carbocycles. The molecule has 5 aromatic rings. The van der Waals surface area contributed by atoms with Gasteiger partial charge in [-0.15, -0.1) is 0 Å². The van der Waals surface area contributed by atoms with E-state index in [-0.39, 0.29) is 48.9 Å². The van der Waals surface area contributed by atoms with Crippen LogP contribution in [0.15, 0.2) is 77.4 Å². The number of nitrogens with one attached hydrogen (secondary N) is 1. The number of hydrogen-bond acceptors (Lipinski definition) is 12. The minimum Gasteiger partial charge on any atom is -0.494 e. The lowest BCUT2D eigenvalue weighted by atomic mass is 9.91. The molecule has 0 spiro atoms. The number of likely N-dealkylation sites (tertiary alicyclic amines) is 1. The van der Waals surface area contributed by atoms with Crippen molar-refractivity contribution in [2.45, 2.75) is 50.7 Å². The second kappa shape index (κ2) is 17.9. The standard InChI is InChI=1S/C39H40ClFN4O10/c40-30-18-27(20-42-33(21-46)37(47)48)34(53-22-24-8-9-31-32(16-24)44-55-43-31)19-35(30)54-23-26-5-2-7-29(36(26)41)25-4-1-6-28(17-25)52-15-3-12-45-13-10-39(51,11-14-45)38(49)50/h1-2,4-9,16-19,33,42,46,51H,3,10-15,20-23H2,(H,47,48)(H,49,50)/t33-/m1/s1. The molecule has 4 aromatic carbocycles. The maximum absolute atomic E-state index is 16.0. The highest BCUT2D eigenvalue weighted by Gasteiger charge is 2.39. The normalized spacial score (nSPS) is 14.8. The fourth-order valence-electron chi connectivity index (χ4n) is 6.16. The summed E-state index contributed by atoms with van der Waals surface area (Å²) in [4.78, 5) is 24.9. The van der Waals surface area contributed by atoms with E-state index in [1.807, 2.05) is 0 Å². The second-order valence-corrected chi connectivity index (χ2v) is 13.6. The van der Waals surface area contributed by atoms with Gasteiger partial charge < -0.3 is 39.5 Å². The average molecular weight is 779 g/mol. The summed E-state index contributed by atoms with van der Waals surface area (Å²) in [5, 5.41) is 48.8. The first-order valence-electron chi connectivity index (χ1n) is 17.6. The van der Waals surface area contributed by atoms with Gasteiger partial charge in [-0.3, -0.25) is 10.1 Å². The average Bonchev–Trinajstić information content (AvgIpc) is 3.65. The molecule has 0 amide bonds. The van der Waals surface area contributed by atoms with E-state index in [1.54, 1.807) is 72.8 Å². The lowest BCUT2D eigenvalue weighted by molar-refractivity contribution is -0.163. The number of hydrogen-bond donors (Lipinski definition) is 5. The summed E-state index contributed by atoms with van der Waals surface area (Å²) in [6.07, 6.45) is 1.04. The molecule has 0 bridgehead atoms. The molecule has 290 valence electrons. The zero-order chi connectivity index (χ0) is 39.0. The van der Waals surface area contributed by atoms with Crippen LogP contribution in [0.4, 0.5) is 4.39 Å². The third-order valence-corrected chi connectivity index (χ3v) is 9.72. The number of carboxylic acid groups (broad SMARTS) is 2. The third kappa shape index (κ3) is 9.87. The van der Waals surface area contributed by atoms with Crippen LogP contribution in [0, 0.1) is 5.82 Å². The van der Waals surface area contributed by atoms with Crippen LogP contribution in [-0.2, 0) is 29.3 Å². The molecule has 1 fully saturated rings. The van der Waals surface area contributed by atoms with Crippen LogP contribution in [0.1, 0.15) is 36.0 Å². The number of carbonyl (C=O) groups is 2. The molecule has 0 radical (unpaired) electrons. The van der Waals surface area contributed by atoms with E-state index < -0.39 is 36.0 Å². The van der Waals surface area contributed by atoms with Crippen LogP contribution in [0.25, 0.3) is 22.2 Å². The van der Waals surface area contributed by atoms with Crippen molar-refractivity contribution in [1.82, 2.24) is 20.5 Å². The molecular weight excluding hydrogens is 739 g/mol. The van der Waals surface area contributed by atoms with Gasteiger partial charge in [0.15, 0.2) is 5.60 Å². The van der Waals surface area contributed by atoms with E-state index in [4.69, 9.17) is 30.4 Å². The van der Waals surface area contributed by atoms with Crippen LogP contribution < -0.4 is 19.5 Å². The van der Waals surface area contributed by atoms with Crippen LogP contribution in [0.5, 0.6) is 17.2 Å². The van der Waals surface area contributed by atoms with Crippen molar-refractivity contribution >= 4 is 34.6 Å². The lowest BCUT2D eigenvalue weighted by Crippen LogP contribution is -2.49. The molecule has 16 heteroatoms. The van der Waals surface area contributed by atoms with Crippen molar-refractivity contribution in [2.75, 3.05) is 32.8 Å². The number of ether oxygens (including phenoxy) is 3. The lowest BCUT2D eigenvalue weighted by Gasteiger charge is -2.35. The first-order valence-corrected chi connectivity index (χ1v) is 18.0. The summed E-state index contributed by atoms with van der Waals surface area (Å²) in [6, 6.07) is 19.3. The van der Waals surface area contributed by atoms with Gasteiger partial charge >= 0.3 is 11.9 Å². The fraction of sp³-hybridized carbons (Fsp3) is 0.333. The number of rotatable bonds is 18. The van der Waals surface area contributed by atoms with E-state index in [0.29, 0.717) is 71.9 Å².